The van der Waals surface area contributed by atoms with Crippen molar-refractivity contribution in [2.75, 3.05) is 13.2 Å². The molecule has 2 aliphatic carbocycles. The average molecular weight is 685 g/mol. The summed E-state index contributed by atoms with van der Waals surface area (Å²) in [6.45, 7) is 12.2. The SMILES string of the molecule is CCOC(=O)CCCOc1ccc(-c2nc3c(C[C@@]4(C)CCC[C@]5(C)c6ccc(C(C)C)cc6CC[C@@H]45)c(-c4ccccc4)ccc3[nH]2)c(O)c1. The van der Waals surface area contributed by atoms with Crippen LogP contribution in [-0.2, 0) is 27.8 Å². The van der Waals surface area contributed by atoms with E-state index in [9.17, 15) is 9.90 Å². The largest absolute Gasteiger partial charge is 0.507 e. The van der Waals surface area contributed by atoms with Gasteiger partial charge in [-0.25, -0.2) is 4.98 Å². The summed E-state index contributed by atoms with van der Waals surface area (Å²) in [4.78, 5) is 20.5. The van der Waals surface area contributed by atoms with Crippen LogP contribution in [0, 0.1) is 11.3 Å². The summed E-state index contributed by atoms with van der Waals surface area (Å²) >= 11 is 0. The standard InChI is InChI=1S/C45H52N2O4/c1-6-50-41(49)14-10-25-51-33-17-18-35(39(48)27-33)43-46-38-21-19-34(30-12-8-7-9-13-30)36(42(38)47-43)28-44(4)23-11-24-45(5)37-20-15-31(29(2)3)26-32(37)16-22-40(44)45/h7-9,12-13,15,17-21,26-27,29,40,48H,6,10-11,14,16,22-25,28H2,1-5H3,(H,46,47)/t40-,44+,45+/m0/s1. The van der Waals surface area contributed by atoms with Gasteiger partial charge in [-0.1, -0.05) is 88.7 Å². The number of esters is 1. The number of aryl methyl sites for hydroxylation is 1. The molecule has 2 aliphatic rings. The number of carbonyl (C=O) groups excluding carboxylic acids is 1. The number of H-pyrrole nitrogens is 1. The van der Waals surface area contributed by atoms with Gasteiger partial charge in [-0.3, -0.25) is 4.79 Å². The van der Waals surface area contributed by atoms with Crippen LogP contribution in [0.3, 0.4) is 0 Å². The second-order valence-corrected chi connectivity index (χ2v) is 15.6. The van der Waals surface area contributed by atoms with Crippen molar-refractivity contribution < 1.29 is 19.4 Å². The summed E-state index contributed by atoms with van der Waals surface area (Å²) in [5.41, 5.74) is 11.1. The smallest absolute Gasteiger partial charge is 0.305 e. The number of ether oxygens (including phenoxy) is 2. The molecule has 1 aromatic heterocycles. The topological polar surface area (TPSA) is 84.4 Å². The van der Waals surface area contributed by atoms with Crippen molar-refractivity contribution in [3.05, 3.63) is 101 Å². The van der Waals surface area contributed by atoms with Crippen molar-refractivity contribution in [3.8, 4) is 34.0 Å². The molecule has 0 unspecified atom stereocenters. The highest BCUT2D eigenvalue weighted by molar-refractivity contribution is 5.89. The first kappa shape index (κ1) is 34.9. The Bertz CT molecular complexity index is 2030. The lowest BCUT2D eigenvalue weighted by Crippen LogP contribution is -2.50. The van der Waals surface area contributed by atoms with Crippen molar-refractivity contribution in [2.24, 2.45) is 11.3 Å². The number of rotatable bonds is 11. The van der Waals surface area contributed by atoms with Crippen molar-refractivity contribution in [3.63, 3.8) is 0 Å². The molecule has 0 amide bonds. The predicted molar refractivity (Wildman–Crippen MR) is 205 cm³/mol. The molecule has 1 heterocycles. The molecular weight excluding hydrogens is 633 g/mol. The third kappa shape index (κ3) is 6.78. The van der Waals surface area contributed by atoms with Gasteiger partial charge in [0.05, 0.1) is 29.8 Å². The molecule has 1 fully saturated rings. The monoisotopic (exact) mass is 684 g/mol. The molecule has 0 aliphatic heterocycles. The minimum absolute atomic E-state index is 0.0900. The van der Waals surface area contributed by atoms with E-state index >= 15 is 0 Å². The maximum atomic E-state index is 11.7. The lowest BCUT2D eigenvalue weighted by atomic mass is 9.48. The number of nitrogens with zero attached hydrogens (tertiary/aromatic N) is 1. The molecule has 2 N–H and O–H groups in total. The van der Waals surface area contributed by atoms with E-state index in [1.165, 1.54) is 47.9 Å². The summed E-state index contributed by atoms with van der Waals surface area (Å²) in [6.07, 6.45) is 7.75. The molecule has 266 valence electrons. The van der Waals surface area contributed by atoms with Crippen LogP contribution in [0.2, 0.25) is 0 Å². The Morgan fingerprint density at radius 1 is 1.00 bits per heavy atom. The van der Waals surface area contributed by atoms with Crippen LogP contribution in [0.15, 0.2) is 78.9 Å². The predicted octanol–water partition coefficient (Wildman–Crippen LogP) is 10.7. The molecule has 6 nitrogen and oxygen atoms in total. The van der Waals surface area contributed by atoms with Gasteiger partial charge in [0.25, 0.3) is 0 Å². The second kappa shape index (κ2) is 14.2. The highest BCUT2D eigenvalue weighted by Crippen LogP contribution is 2.59. The lowest BCUT2D eigenvalue weighted by molar-refractivity contribution is -0.143. The molecule has 5 aromatic rings. The normalized spacial score (nSPS) is 21.3. The minimum atomic E-state index is -0.227. The van der Waals surface area contributed by atoms with Crippen LogP contribution < -0.4 is 4.74 Å². The molecule has 0 spiro atoms. The fraction of sp³-hybridized carbons (Fsp3) is 0.422. The quantitative estimate of drug-likeness (QED) is 0.107. The number of fused-ring (bicyclic) bond motifs is 4. The number of aromatic hydroxyl groups is 1. The number of hydrogen-bond donors (Lipinski definition) is 2. The van der Waals surface area contributed by atoms with Crippen LogP contribution in [0.4, 0.5) is 0 Å². The summed E-state index contributed by atoms with van der Waals surface area (Å²) in [5, 5.41) is 11.2. The van der Waals surface area contributed by atoms with Gasteiger partial charge in [-0.05, 0) is 120 Å². The highest BCUT2D eigenvalue weighted by atomic mass is 16.5. The molecular formula is C45H52N2O4. The third-order valence-corrected chi connectivity index (χ3v) is 11.9. The van der Waals surface area contributed by atoms with Gasteiger partial charge in [0.2, 0.25) is 0 Å². The summed E-state index contributed by atoms with van der Waals surface area (Å²) in [7, 11) is 0. The van der Waals surface area contributed by atoms with Gasteiger partial charge in [-0.15, -0.1) is 0 Å². The number of phenols is 1. The molecule has 0 bridgehead atoms. The minimum Gasteiger partial charge on any atom is -0.507 e. The maximum absolute atomic E-state index is 11.7. The Morgan fingerprint density at radius 2 is 1.80 bits per heavy atom. The molecule has 0 radical (unpaired) electrons. The Kier molecular flexibility index (Phi) is 9.71. The zero-order valence-corrected chi connectivity index (χ0v) is 30.9. The van der Waals surface area contributed by atoms with Crippen LogP contribution in [0.1, 0.15) is 101 Å². The molecule has 1 saturated carbocycles. The van der Waals surface area contributed by atoms with E-state index in [0.717, 1.165) is 23.9 Å². The number of aromatic amines is 1. The second-order valence-electron chi connectivity index (χ2n) is 15.6. The van der Waals surface area contributed by atoms with E-state index in [-0.39, 0.29) is 22.5 Å². The van der Waals surface area contributed by atoms with Crippen molar-refractivity contribution in [1.29, 1.82) is 0 Å². The fourth-order valence-electron chi connectivity index (χ4n) is 9.39. The van der Waals surface area contributed by atoms with Gasteiger partial charge in [0, 0.05) is 12.5 Å². The molecule has 0 saturated heterocycles. The summed E-state index contributed by atoms with van der Waals surface area (Å²) < 4.78 is 10.8. The first-order valence-corrected chi connectivity index (χ1v) is 18.9. The zero-order chi connectivity index (χ0) is 35.8. The van der Waals surface area contributed by atoms with Crippen molar-refractivity contribution in [2.45, 2.75) is 97.3 Å². The lowest BCUT2D eigenvalue weighted by Gasteiger charge is -2.56. The van der Waals surface area contributed by atoms with Crippen LogP contribution in [-0.4, -0.2) is 34.3 Å². The van der Waals surface area contributed by atoms with E-state index in [2.05, 4.69) is 93.3 Å². The number of carbonyl (C=O) groups is 1. The number of phenolic OH excluding ortho intramolecular Hbond substituents is 1. The molecule has 3 atom stereocenters. The summed E-state index contributed by atoms with van der Waals surface area (Å²) in [6, 6.07) is 27.7. The Labute approximate surface area is 302 Å². The van der Waals surface area contributed by atoms with Gasteiger partial charge >= 0.3 is 5.97 Å². The van der Waals surface area contributed by atoms with E-state index in [4.69, 9.17) is 14.5 Å². The Balaban J connectivity index is 1.22. The van der Waals surface area contributed by atoms with Gasteiger partial charge in [0.15, 0.2) is 0 Å². The zero-order valence-electron chi connectivity index (χ0n) is 30.9. The first-order chi connectivity index (χ1) is 24.6. The van der Waals surface area contributed by atoms with E-state index < -0.39 is 0 Å². The molecule has 7 rings (SSSR count). The Morgan fingerprint density at radius 3 is 2.57 bits per heavy atom. The van der Waals surface area contributed by atoms with E-state index in [1.54, 1.807) is 24.1 Å². The van der Waals surface area contributed by atoms with Crippen molar-refractivity contribution in [1.82, 2.24) is 9.97 Å². The number of benzene rings is 4. The van der Waals surface area contributed by atoms with E-state index in [1.807, 2.05) is 12.1 Å². The first-order valence-electron chi connectivity index (χ1n) is 18.9. The van der Waals surface area contributed by atoms with Crippen molar-refractivity contribution >= 4 is 17.0 Å². The van der Waals surface area contributed by atoms with Gasteiger partial charge in [0.1, 0.15) is 17.3 Å². The van der Waals surface area contributed by atoms with Crippen LogP contribution in [0.25, 0.3) is 33.5 Å². The van der Waals surface area contributed by atoms with Crippen LogP contribution in [0.5, 0.6) is 11.5 Å². The summed E-state index contributed by atoms with van der Waals surface area (Å²) in [5.74, 6) is 2.14. The van der Waals surface area contributed by atoms with E-state index in [0.29, 0.717) is 55.0 Å². The number of nitrogens with one attached hydrogen (secondary N) is 1. The Hall–Kier alpha value is -4.58. The third-order valence-electron chi connectivity index (χ3n) is 11.9. The molecule has 6 heteroatoms. The molecule has 51 heavy (non-hydrogen) atoms. The number of hydrogen-bond acceptors (Lipinski definition) is 5. The highest BCUT2D eigenvalue weighted by Gasteiger charge is 2.52. The fourth-order valence-corrected chi connectivity index (χ4v) is 9.39. The van der Waals surface area contributed by atoms with Gasteiger partial charge < -0.3 is 19.6 Å². The average Bonchev–Trinajstić information content (AvgIpc) is 3.55. The number of imidazole rings is 1. The maximum Gasteiger partial charge on any atom is 0.305 e. The van der Waals surface area contributed by atoms with Gasteiger partial charge in [-0.2, -0.15) is 0 Å². The number of aromatic nitrogens is 2. The van der Waals surface area contributed by atoms with Crippen LogP contribution >= 0.6 is 0 Å². The molecule has 4 aromatic carbocycles.